The third-order valence-corrected chi connectivity index (χ3v) is 5.34. The molecular weight excluding hydrogens is 338 g/mol. The second kappa shape index (κ2) is 6.37. The molecule has 2 aromatic rings. The predicted molar refractivity (Wildman–Crippen MR) is 87.0 cm³/mol. The quantitative estimate of drug-likeness (QED) is 0.866. The van der Waals surface area contributed by atoms with E-state index in [-0.39, 0.29) is 35.0 Å². The van der Waals surface area contributed by atoms with Crippen molar-refractivity contribution < 1.29 is 17.6 Å². The normalized spacial score (nSPS) is 14.7. The van der Waals surface area contributed by atoms with Crippen LogP contribution in [0.5, 0.6) is 0 Å². The van der Waals surface area contributed by atoms with Crippen LogP contribution < -0.4 is 5.32 Å². The Hall–Kier alpha value is -1.79. The molecule has 122 valence electrons. The van der Waals surface area contributed by atoms with Crippen molar-refractivity contribution in [2.24, 2.45) is 0 Å². The minimum absolute atomic E-state index is 0.139. The minimum Gasteiger partial charge on any atom is -0.455 e. The first-order valence-electron chi connectivity index (χ1n) is 7.26. The molecule has 23 heavy (non-hydrogen) atoms. The first-order chi connectivity index (χ1) is 10.9. The molecule has 1 aliphatic rings. The van der Waals surface area contributed by atoms with Gasteiger partial charge in [0, 0.05) is 11.1 Å². The topological polar surface area (TPSA) is 76.4 Å². The summed E-state index contributed by atoms with van der Waals surface area (Å²) in [4.78, 5) is 11.8. The maximum absolute atomic E-state index is 12.3. The SMILES string of the molecule is O=C(NC1CC1)c1ccc(CS(=O)(=O)Cc2ccccc2Cl)o1. The van der Waals surface area contributed by atoms with E-state index in [2.05, 4.69) is 5.32 Å². The Morgan fingerprint density at radius 1 is 1.17 bits per heavy atom. The molecule has 1 aliphatic carbocycles. The summed E-state index contributed by atoms with van der Waals surface area (Å²) in [6.07, 6.45) is 1.96. The van der Waals surface area contributed by atoms with E-state index >= 15 is 0 Å². The molecule has 1 heterocycles. The number of halogens is 1. The van der Waals surface area contributed by atoms with Crippen molar-refractivity contribution in [1.82, 2.24) is 5.32 Å². The Morgan fingerprint density at radius 3 is 2.61 bits per heavy atom. The zero-order valence-electron chi connectivity index (χ0n) is 12.3. The molecule has 1 saturated carbocycles. The highest BCUT2D eigenvalue weighted by Crippen LogP contribution is 2.22. The lowest BCUT2D eigenvalue weighted by molar-refractivity contribution is 0.0922. The average Bonchev–Trinajstić information content (AvgIpc) is 3.17. The molecule has 3 rings (SSSR count). The molecule has 1 N–H and O–H groups in total. The first kappa shape index (κ1) is 16.1. The van der Waals surface area contributed by atoms with Gasteiger partial charge in [-0.15, -0.1) is 0 Å². The standard InChI is InChI=1S/C16H16ClNO4S/c17-14-4-2-1-3-11(14)9-23(20,21)10-13-7-8-15(22-13)16(19)18-12-5-6-12/h1-4,7-8,12H,5-6,9-10H2,(H,18,19). The summed E-state index contributed by atoms with van der Waals surface area (Å²) in [5.41, 5.74) is 0.549. The molecule has 0 atom stereocenters. The number of carbonyl (C=O) groups is 1. The van der Waals surface area contributed by atoms with Crippen LogP contribution in [-0.4, -0.2) is 20.4 Å². The van der Waals surface area contributed by atoms with Gasteiger partial charge < -0.3 is 9.73 Å². The average molecular weight is 354 g/mol. The summed E-state index contributed by atoms with van der Waals surface area (Å²) in [6.45, 7) is 0. The smallest absolute Gasteiger partial charge is 0.287 e. The van der Waals surface area contributed by atoms with Crippen LogP contribution in [0.4, 0.5) is 0 Å². The van der Waals surface area contributed by atoms with E-state index in [1.54, 1.807) is 24.3 Å². The Bertz CT molecular complexity index is 824. The van der Waals surface area contributed by atoms with Crippen molar-refractivity contribution in [3.05, 3.63) is 58.5 Å². The van der Waals surface area contributed by atoms with Crippen molar-refractivity contribution in [2.45, 2.75) is 30.4 Å². The molecule has 0 unspecified atom stereocenters. The van der Waals surface area contributed by atoms with Crippen LogP contribution in [0.1, 0.15) is 34.7 Å². The number of sulfone groups is 1. The summed E-state index contributed by atoms with van der Waals surface area (Å²) in [6, 6.07) is 10.1. The molecule has 1 aromatic heterocycles. The van der Waals surface area contributed by atoms with Gasteiger partial charge in [0.2, 0.25) is 0 Å². The van der Waals surface area contributed by atoms with E-state index in [4.69, 9.17) is 16.0 Å². The fourth-order valence-electron chi connectivity index (χ4n) is 2.18. The molecule has 1 fully saturated rings. The molecule has 0 aliphatic heterocycles. The lowest BCUT2D eigenvalue weighted by Crippen LogP contribution is -2.24. The minimum atomic E-state index is -3.44. The van der Waals surface area contributed by atoms with Gasteiger partial charge in [0.1, 0.15) is 11.5 Å². The Balaban J connectivity index is 1.67. The molecule has 7 heteroatoms. The lowest BCUT2D eigenvalue weighted by atomic mass is 10.2. The van der Waals surface area contributed by atoms with Crippen molar-refractivity contribution in [2.75, 3.05) is 0 Å². The van der Waals surface area contributed by atoms with Crippen LogP contribution in [0.2, 0.25) is 5.02 Å². The van der Waals surface area contributed by atoms with E-state index in [1.165, 1.54) is 12.1 Å². The number of benzene rings is 1. The fourth-order valence-corrected chi connectivity index (χ4v) is 3.88. The van der Waals surface area contributed by atoms with Gasteiger partial charge in [-0.2, -0.15) is 0 Å². The molecule has 1 amide bonds. The van der Waals surface area contributed by atoms with E-state index in [9.17, 15) is 13.2 Å². The van der Waals surface area contributed by atoms with Gasteiger partial charge in [0.15, 0.2) is 15.6 Å². The van der Waals surface area contributed by atoms with Crippen LogP contribution in [0.15, 0.2) is 40.8 Å². The van der Waals surface area contributed by atoms with Gasteiger partial charge in [-0.1, -0.05) is 29.8 Å². The third-order valence-electron chi connectivity index (χ3n) is 3.49. The lowest BCUT2D eigenvalue weighted by Gasteiger charge is -2.05. The molecule has 5 nitrogen and oxygen atoms in total. The summed E-state index contributed by atoms with van der Waals surface area (Å²) >= 11 is 5.99. The highest BCUT2D eigenvalue weighted by molar-refractivity contribution is 7.89. The number of furan rings is 1. The van der Waals surface area contributed by atoms with Crippen molar-refractivity contribution in [3.8, 4) is 0 Å². The number of carbonyl (C=O) groups excluding carboxylic acids is 1. The second-order valence-electron chi connectivity index (χ2n) is 5.64. The van der Waals surface area contributed by atoms with Crippen molar-refractivity contribution in [3.63, 3.8) is 0 Å². The molecule has 1 aromatic carbocycles. The maximum atomic E-state index is 12.3. The van der Waals surface area contributed by atoms with Gasteiger partial charge in [-0.05, 0) is 36.6 Å². The van der Waals surface area contributed by atoms with Gasteiger partial charge in [0.25, 0.3) is 5.91 Å². The number of hydrogen-bond acceptors (Lipinski definition) is 4. The van der Waals surface area contributed by atoms with E-state index in [0.29, 0.717) is 10.6 Å². The zero-order valence-corrected chi connectivity index (χ0v) is 13.9. The molecular formula is C16H16ClNO4S. The van der Waals surface area contributed by atoms with Crippen molar-refractivity contribution >= 4 is 27.3 Å². The van der Waals surface area contributed by atoms with E-state index in [1.807, 2.05) is 0 Å². The van der Waals surface area contributed by atoms with E-state index < -0.39 is 9.84 Å². The Morgan fingerprint density at radius 2 is 1.91 bits per heavy atom. The zero-order chi connectivity index (χ0) is 16.4. The molecule has 0 radical (unpaired) electrons. The maximum Gasteiger partial charge on any atom is 0.287 e. The van der Waals surface area contributed by atoms with Crippen LogP contribution in [-0.2, 0) is 21.3 Å². The van der Waals surface area contributed by atoms with Gasteiger partial charge in [-0.25, -0.2) is 8.42 Å². The predicted octanol–water partition coefficient (Wildman–Crippen LogP) is 2.94. The number of rotatable bonds is 6. The van der Waals surface area contributed by atoms with Crippen LogP contribution in [0.3, 0.4) is 0 Å². The van der Waals surface area contributed by atoms with Crippen LogP contribution in [0, 0.1) is 0 Å². The first-order valence-corrected chi connectivity index (χ1v) is 9.46. The summed E-state index contributed by atoms with van der Waals surface area (Å²) in [5.74, 6) is -0.355. The number of amides is 1. The van der Waals surface area contributed by atoms with Crippen molar-refractivity contribution in [1.29, 1.82) is 0 Å². The van der Waals surface area contributed by atoms with Crippen LogP contribution >= 0.6 is 11.6 Å². The highest BCUT2D eigenvalue weighted by Gasteiger charge is 2.25. The van der Waals surface area contributed by atoms with E-state index in [0.717, 1.165) is 12.8 Å². The van der Waals surface area contributed by atoms with Gasteiger partial charge in [-0.3, -0.25) is 4.79 Å². The summed E-state index contributed by atoms with van der Waals surface area (Å²) in [5, 5.41) is 3.21. The van der Waals surface area contributed by atoms with Gasteiger partial charge in [0.05, 0.1) is 5.75 Å². The number of nitrogens with one attached hydrogen (secondary N) is 1. The summed E-state index contributed by atoms with van der Waals surface area (Å²) in [7, 11) is -3.44. The molecule has 0 bridgehead atoms. The Kier molecular flexibility index (Phi) is 4.46. The highest BCUT2D eigenvalue weighted by atomic mass is 35.5. The van der Waals surface area contributed by atoms with Gasteiger partial charge >= 0.3 is 0 Å². The largest absolute Gasteiger partial charge is 0.455 e. The second-order valence-corrected chi connectivity index (χ2v) is 8.11. The number of hydrogen-bond donors (Lipinski definition) is 1. The summed E-state index contributed by atoms with van der Waals surface area (Å²) < 4.78 is 29.9. The monoisotopic (exact) mass is 353 g/mol. The fraction of sp³-hybridized carbons (Fsp3) is 0.312. The Labute approximate surface area is 139 Å². The third kappa shape index (κ3) is 4.36. The van der Waals surface area contributed by atoms with Crippen LogP contribution in [0.25, 0.3) is 0 Å². The molecule has 0 saturated heterocycles. The molecule has 0 spiro atoms.